The summed E-state index contributed by atoms with van der Waals surface area (Å²) in [7, 11) is 0. The number of nitrogens with zero attached hydrogens (tertiary/aromatic N) is 1. The van der Waals surface area contributed by atoms with Crippen LogP contribution in [0.1, 0.15) is 21.6 Å². The molecule has 0 aliphatic heterocycles. The molecule has 0 radical (unpaired) electrons. The molecule has 0 atom stereocenters. The second kappa shape index (κ2) is 7.70. The van der Waals surface area contributed by atoms with E-state index in [4.69, 9.17) is 4.74 Å². The third-order valence-corrected chi connectivity index (χ3v) is 3.94. The highest BCUT2D eigenvalue weighted by Crippen LogP contribution is 2.15. The molecule has 3 rings (SSSR count). The number of carbonyl (C=O) groups is 1. The van der Waals surface area contributed by atoms with Crippen molar-refractivity contribution in [1.29, 1.82) is 0 Å². The van der Waals surface area contributed by atoms with Gasteiger partial charge in [-0.25, -0.2) is 9.37 Å². The zero-order valence-electron chi connectivity index (χ0n) is 12.7. The Morgan fingerprint density at radius 1 is 1.21 bits per heavy atom. The van der Waals surface area contributed by atoms with Crippen molar-refractivity contribution in [1.82, 2.24) is 10.3 Å². The Morgan fingerprint density at radius 3 is 2.88 bits per heavy atom. The van der Waals surface area contributed by atoms with Crippen LogP contribution >= 0.6 is 11.3 Å². The quantitative estimate of drug-likeness (QED) is 0.741. The van der Waals surface area contributed by atoms with Gasteiger partial charge >= 0.3 is 0 Å². The molecule has 2 aromatic carbocycles. The van der Waals surface area contributed by atoms with Crippen molar-refractivity contribution in [2.75, 3.05) is 0 Å². The summed E-state index contributed by atoms with van der Waals surface area (Å²) >= 11 is 1.51. The molecule has 0 unspecified atom stereocenters. The molecule has 24 heavy (non-hydrogen) atoms. The Kier molecular flexibility index (Phi) is 5.18. The monoisotopic (exact) mass is 342 g/mol. The lowest BCUT2D eigenvalue weighted by Crippen LogP contribution is -2.22. The molecule has 6 heteroatoms. The largest absolute Gasteiger partial charge is 0.487 e. The third kappa shape index (κ3) is 4.39. The molecule has 1 heterocycles. The molecule has 0 spiro atoms. The molecule has 122 valence electrons. The van der Waals surface area contributed by atoms with Crippen LogP contribution in [0.5, 0.6) is 5.75 Å². The predicted octanol–water partition coefficient (Wildman–Crippen LogP) is 3.79. The number of rotatable bonds is 6. The fourth-order valence-corrected chi connectivity index (χ4v) is 2.67. The first-order valence-electron chi connectivity index (χ1n) is 7.33. The van der Waals surface area contributed by atoms with Gasteiger partial charge in [0.2, 0.25) is 0 Å². The van der Waals surface area contributed by atoms with Crippen LogP contribution in [0.2, 0.25) is 0 Å². The summed E-state index contributed by atoms with van der Waals surface area (Å²) in [5, 5.41) is 4.68. The standard InChI is InChI=1S/C18H15FN2O2S/c19-15-5-1-3-13(7-15)9-20-18(22)14-4-2-6-17(8-14)23-10-16-11-24-12-21-16/h1-8,11-12H,9-10H2,(H,20,22). The maximum atomic E-state index is 13.1. The van der Waals surface area contributed by atoms with Gasteiger partial charge in [0.1, 0.15) is 18.2 Å². The van der Waals surface area contributed by atoms with E-state index in [0.717, 1.165) is 5.69 Å². The second-order valence-electron chi connectivity index (χ2n) is 5.11. The number of hydrogen-bond acceptors (Lipinski definition) is 4. The zero-order valence-corrected chi connectivity index (χ0v) is 13.6. The fraction of sp³-hybridized carbons (Fsp3) is 0.111. The smallest absolute Gasteiger partial charge is 0.251 e. The van der Waals surface area contributed by atoms with Crippen LogP contribution in [0.15, 0.2) is 59.4 Å². The molecule has 1 N–H and O–H groups in total. The summed E-state index contributed by atoms with van der Waals surface area (Å²) in [6.45, 7) is 0.623. The number of thiazole rings is 1. The van der Waals surface area contributed by atoms with Crippen molar-refractivity contribution >= 4 is 17.2 Å². The highest BCUT2D eigenvalue weighted by molar-refractivity contribution is 7.07. The van der Waals surface area contributed by atoms with Gasteiger partial charge in [0, 0.05) is 17.5 Å². The minimum atomic E-state index is -0.320. The van der Waals surface area contributed by atoms with E-state index in [0.29, 0.717) is 23.5 Å². The van der Waals surface area contributed by atoms with Crippen molar-refractivity contribution in [2.45, 2.75) is 13.2 Å². The van der Waals surface area contributed by atoms with Gasteiger partial charge in [-0.3, -0.25) is 4.79 Å². The van der Waals surface area contributed by atoms with Crippen molar-refractivity contribution in [3.05, 3.63) is 82.1 Å². The van der Waals surface area contributed by atoms with Crippen molar-refractivity contribution in [3.8, 4) is 5.75 Å². The zero-order chi connectivity index (χ0) is 16.8. The van der Waals surface area contributed by atoms with E-state index in [9.17, 15) is 9.18 Å². The van der Waals surface area contributed by atoms with Gasteiger partial charge in [0.25, 0.3) is 5.91 Å². The number of amides is 1. The summed E-state index contributed by atoms with van der Waals surface area (Å²) in [6, 6.07) is 13.1. The van der Waals surface area contributed by atoms with E-state index >= 15 is 0 Å². The van der Waals surface area contributed by atoms with Crippen LogP contribution < -0.4 is 10.1 Å². The number of halogens is 1. The highest BCUT2D eigenvalue weighted by atomic mass is 32.1. The molecule has 0 fully saturated rings. The third-order valence-electron chi connectivity index (χ3n) is 3.31. The van der Waals surface area contributed by atoms with Crippen LogP contribution in [-0.2, 0) is 13.2 Å². The van der Waals surface area contributed by atoms with Gasteiger partial charge < -0.3 is 10.1 Å². The number of benzene rings is 2. The SMILES string of the molecule is O=C(NCc1cccc(F)c1)c1cccc(OCc2cscn2)c1. The van der Waals surface area contributed by atoms with E-state index < -0.39 is 0 Å². The number of nitrogens with one attached hydrogen (secondary N) is 1. The van der Waals surface area contributed by atoms with Gasteiger partial charge in [-0.1, -0.05) is 18.2 Å². The second-order valence-corrected chi connectivity index (χ2v) is 5.83. The molecular formula is C18H15FN2O2S. The summed E-state index contributed by atoms with van der Waals surface area (Å²) < 4.78 is 18.8. The molecule has 4 nitrogen and oxygen atoms in total. The summed E-state index contributed by atoms with van der Waals surface area (Å²) in [4.78, 5) is 16.4. The van der Waals surface area contributed by atoms with E-state index in [2.05, 4.69) is 10.3 Å². The first kappa shape index (κ1) is 16.1. The Balaban J connectivity index is 1.59. The maximum absolute atomic E-state index is 13.1. The summed E-state index contributed by atoms with van der Waals surface area (Å²) in [6.07, 6.45) is 0. The Hall–Kier alpha value is -2.73. The van der Waals surface area contributed by atoms with Gasteiger partial charge in [-0.15, -0.1) is 11.3 Å². The number of carbonyl (C=O) groups excluding carboxylic acids is 1. The first-order valence-corrected chi connectivity index (χ1v) is 8.27. The van der Waals surface area contributed by atoms with Gasteiger partial charge in [0.05, 0.1) is 11.2 Å². The van der Waals surface area contributed by atoms with Crippen LogP contribution in [0.25, 0.3) is 0 Å². The van der Waals surface area contributed by atoms with Crippen LogP contribution in [0.4, 0.5) is 4.39 Å². The van der Waals surface area contributed by atoms with Crippen LogP contribution in [0.3, 0.4) is 0 Å². The molecule has 1 amide bonds. The van der Waals surface area contributed by atoms with Crippen molar-refractivity contribution < 1.29 is 13.9 Å². The van der Waals surface area contributed by atoms with E-state index in [1.54, 1.807) is 41.9 Å². The molecular weight excluding hydrogens is 327 g/mol. The van der Waals surface area contributed by atoms with Crippen molar-refractivity contribution in [3.63, 3.8) is 0 Å². The van der Waals surface area contributed by atoms with E-state index in [1.165, 1.54) is 23.5 Å². The lowest BCUT2D eigenvalue weighted by Gasteiger charge is -2.08. The lowest BCUT2D eigenvalue weighted by molar-refractivity contribution is 0.0950. The van der Waals surface area contributed by atoms with E-state index in [1.807, 2.05) is 5.38 Å². The van der Waals surface area contributed by atoms with Gasteiger partial charge in [-0.05, 0) is 35.9 Å². The molecule has 3 aromatic rings. The van der Waals surface area contributed by atoms with E-state index in [-0.39, 0.29) is 18.3 Å². The fourth-order valence-electron chi connectivity index (χ4n) is 2.12. The number of ether oxygens (including phenoxy) is 1. The summed E-state index contributed by atoms with van der Waals surface area (Å²) in [5.41, 5.74) is 3.79. The Morgan fingerprint density at radius 2 is 2.08 bits per heavy atom. The average molecular weight is 342 g/mol. The normalized spacial score (nSPS) is 10.4. The number of aromatic nitrogens is 1. The van der Waals surface area contributed by atoms with Gasteiger partial charge in [-0.2, -0.15) is 0 Å². The lowest BCUT2D eigenvalue weighted by atomic mass is 10.2. The first-order chi connectivity index (χ1) is 11.7. The number of hydrogen-bond donors (Lipinski definition) is 1. The molecule has 0 aliphatic carbocycles. The summed E-state index contributed by atoms with van der Waals surface area (Å²) in [5.74, 6) is 0.0407. The van der Waals surface area contributed by atoms with Gasteiger partial charge in [0.15, 0.2) is 0 Å². The minimum absolute atomic E-state index is 0.238. The molecule has 0 saturated heterocycles. The minimum Gasteiger partial charge on any atom is -0.487 e. The molecule has 0 saturated carbocycles. The van der Waals surface area contributed by atoms with Crippen molar-refractivity contribution in [2.24, 2.45) is 0 Å². The predicted molar refractivity (Wildman–Crippen MR) is 90.5 cm³/mol. The highest BCUT2D eigenvalue weighted by Gasteiger charge is 2.07. The van der Waals surface area contributed by atoms with Crippen LogP contribution in [-0.4, -0.2) is 10.9 Å². The molecule has 0 bridgehead atoms. The Labute approximate surface area is 142 Å². The average Bonchev–Trinajstić information content (AvgIpc) is 3.12. The molecule has 0 aliphatic rings. The van der Waals surface area contributed by atoms with Crippen LogP contribution in [0, 0.1) is 5.82 Å². The Bertz CT molecular complexity index is 821. The maximum Gasteiger partial charge on any atom is 0.251 e. The topological polar surface area (TPSA) is 51.2 Å². The molecule has 1 aromatic heterocycles.